The third kappa shape index (κ3) is 9.60. The first kappa shape index (κ1) is 36.6. The van der Waals surface area contributed by atoms with Crippen molar-refractivity contribution < 1.29 is 23.9 Å². The van der Waals surface area contributed by atoms with E-state index >= 15 is 0 Å². The van der Waals surface area contributed by atoms with Crippen molar-refractivity contribution in [3.63, 3.8) is 0 Å². The average Bonchev–Trinajstić information content (AvgIpc) is 3.62. The van der Waals surface area contributed by atoms with Crippen molar-refractivity contribution in [1.29, 1.82) is 0 Å². The van der Waals surface area contributed by atoms with Crippen molar-refractivity contribution in [3.8, 4) is 0 Å². The number of hydrogen-bond acceptors (Lipinski definition) is 6. The molecule has 3 aromatic carbocycles. The van der Waals surface area contributed by atoms with Gasteiger partial charge in [-0.05, 0) is 67.2 Å². The van der Waals surface area contributed by atoms with Gasteiger partial charge in [0.05, 0.1) is 43.5 Å². The predicted molar refractivity (Wildman–Crippen MR) is 202 cm³/mol. The number of aryl methyl sites for hydroxylation is 1. The van der Waals surface area contributed by atoms with Crippen LogP contribution in [0.2, 0.25) is 0 Å². The summed E-state index contributed by atoms with van der Waals surface area (Å²) in [7, 11) is 0. The highest BCUT2D eigenvalue weighted by atomic mass is 16.5. The zero-order valence-corrected chi connectivity index (χ0v) is 30.4. The van der Waals surface area contributed by atoms with Gasteiger partial charge in [-0.15, -0.1) is 0 Å². The van der Waals surface area contributed by atoms with Crippen LogP contribution < -0.4 is 16.0 Å². The molecule has 2 fully saturated rings. The molecule has 4 aromatic rings. The largest absolute Gasteiger partial charge is 0.371 e. The summed E-state index contributed by atoms with van der Waals surface area (Å²) in [6.45, 7) is 0.729. The molecule has 3 amide bonds. The fourth-order valence-corrected chi connectivity index (χ4v) is 8.08. The van der Waals surface area contributed by atoms with Gasteiger partial charge in [-0.3, -0.25) is 14.4 Å². The Bertz CT molecular complexity index is 1830. The fraction of sp³-hybridized carbons (Fsp3) is 0.442. The number of carbonyl (C=O) groups excluding carboxylic acids is 3. The van der Waals surface area contributed by atoms with Crippen molar-refractivity contribution in [2.45, 2.75) is 121 Å². The van der Waals surface area contributed by atoms with E-state index in [-0.39, 0.29) is 66.0 Å². The minimum atomic E-state index is -0.380. The van der Waals surface area contributed by atoms with E-state index in [0.717, 1.165) is 87.3 Å². The van der Waals surface area contributed by atoms with Gasteiger partial charge < -0.3 is 25.4 Å². The van der Waals surface area contributed by atoms with E-state index < -0.39 is 0 Å². The molecule has 278 valence electrons. The molecule has 0 bridgehead atoms. The Kier molecular flexibility index (Phi) is 12.3. The Hall–Kier alpha value is -4.80. The van der Waals surface area contributed by atoms with Crippen LogP contribution in [-0.2, 0) is 40.4 Å². The number of hydrogen-bond donors (Lipinski definition) is 3. The highest BCUT2D eigenvalue weighted by Gasteiger charge is 2.32. The van der Waals surface area contributed by atoms with Gasteiger partial charge in [0.25, 0.3) is 11.8 Å². The fourth-order valence-electron chi connectivity index (χ4n) is 8.08. The van der Waals surface area contributed by atoms with E-state index in [2.05, 4.69) is 33.2 Å². The van der Waals surface area contributed by atoms with Crippen molar-refractivity contribution >= 4 is 17.7 Å². The molecule has 0 radical (unpaired) electrons. The summed E-state index contributed by atoms with van der Waals surface area (Å²) in [5.41, 5.74) is 4.78. The maximum Gasteiger partial charge on any atom is 0.272 e. The summed E-state index contributed by atoms with van der Waals surface area (Å²) in [6, 6.07) is 29.2. The van der Waals surface area contributed by atoms with Crippen molar-refractivity contribution in [3.05, 3.63) is 125 Å². The van der Waals surface area contributed by atoms with Gasteiger partial charge in [0.15, 0.2) is 5.69 Å². The van der Waals surface area contributed by atoms with Crippen LogP contribution in [0.4, 0.5) is 0 Å². The molecule has 0 spiro atoms. The number of aromatic nitrogens is 2. The van der Waals surface area contributed by atoms with E-state index in [0.29, 0.717) is 13.2 Å². The summed E-state index contributed by atoms with van der Waals surface area (Å²) in [4.78, 5) is 41.5. The third-order valence-corrected chi connectivity index (χ3v) is 10.9. The van der Waals surface area contributed by atoms with Crippen LogP contribution in [-0.4, -0.2) is 51.8 Å². The zero-order valence-electron chi connectivity index (χ0n) is 30.4. The first-order chi connectivity index (χ1) is 26.0. The molecular formula is C43H51N5O5. The molecule has 2 saturated carbocycles. The Morgan fingerprint density at radius 1 is 0.642 bits per heavy atom. The van der Waals surface area contributed by atoms with Gasteiger partial charge >= 0.3 is 0 Å². The molecule has 7 rings (SSSR count). The van der Waals surface area contributed by atoms with Crippen LogP contribution in [0.25, 0.3) is 0 Å². The monoisotopic (exact) mass is 717 g/mol. The lowest BCUT2D eigenvalue weighted by Crippen LogP contribution is -2.48. The number of nitrogens with one attached hydrogen (secondary N) is 3. The molecular weight excluding hydrogens is 667 g/mol. The number of amides is 3. The standard InChI is InChI=1S/C43H51N5O5/c49-41(44-35-21-9-11-24-39(35)52-28-30-14-3-1-4-15-30)27-48-38(26-37(47-48)42(50)45-34-23-13-19-32-18-7-8-20-33(32)34)43(51)46-36-22-10-12-25-40(36)53-29-31-16-5-2-6-17-31/h1-8,14-18,20,26,34-36,39-40H,9-13,19,21-25,27-29H2,(H,44,49)(H,45,50)(H,46,51)/t34?,35-,36-,39-,40-/m0/s1. The second-order valence-corrected chi connectivity index (χ2v) is 14.7. The molecule has 10 heteroatoms. The topological polar surface area (TPSA) is 124 Å². The predicted octanol–water partition coefficient (Wildman–Crippen LogP) is 6.59. The Balaban J connectivity index is 1.07. The second-order valence-electron chi connectivity index (χ2n) is 14.7. The number of nitrogens with zero attached hydrogens (tertiary/aromatic N) is 2. The summed E-state index contributed by atoms with van der Waals surface area (Å²) in [5, 5.41) is 14.1. The van der Waals surface area contributed by atoms with E-state index in [4.69, 9.17) is 9.47 Å². The normalized spacial score (nSPS) is 22.7. The quantitative estimate of drug-likeness (QED) is 0.143. The minimum Gasteiger partial charge on any atom is -0.371 e. The first-order valence-corrected chi connectivity index (χ1v) is 19.4. The molecule has 3 aliphatic carbocycles. The molecule has 3 aliphatic rings. The average molecular weight is 718 g/mol. The van der Waals surface area contributed by atoms with Crippen LogP contribution in [0.1, 0.15) is 113 Å². The van der Waals surface area contributed by atoms with Crippen molar-refractivity contribution in [2.24, 2.45) is 0 Å². The number of fused-ring (bicyclic) bond motifs is 1. The van der Waals surface area contributed by atoms with Crippen LogP contribution in [0.3, 0.4) is 0 Å². The van der Waals surface area contributed by atoms with E-state index in [1.807, 2.05) is 72.8 Å². The number of benzene rings is 3. The summed E-state index contributed by atoms with van der Waals surface area (Å²) >= 11 is 0. The summed E-state index contributed by atoms with van der Waals surface area (Å²) < 4.78 is 14.0. The number of carbonyl (C=O) groups is 3. The molecule has 1 heterocycles. The van der Waals surface area contributed by atoms with Gasteiger partial charge in [0, 0.05) is 6.07 Å². The highest BCUT2D eigenvalue weighted by Crippen LogP contribution is 2.30. The summed E-state index contributed by atoms with van der Waals surface area (Å²) in [5.74, 6) is -1.03. The van der Waals surface area contributed by atoms with Gasteiger partial charge in [0.1, 0.15) is 12.2 Å². The maximum atomic E-state index is 14.1. The van der Waals surface area contributed by atoms with Gasteiger partial charge in [-0.25, -0.2) is 4.68 Å². The smallest absolute Gasteiger partial charge is 0.272 e. The summed E-state index contributed by atoms with van der Waals surface area (Å²) in [6.07, 6.45) is 9.81. The lowest BCUT2D eigenvalue weighted by Gasteiger charge is -2.32. The SMILES string of the molecule is O=C(Cn1nc(C(=O)NC2CCCc3ccccc32)cc1C(=O)N[C@H]1CCCC[C@@H]1OCc1ccccc1)N[C@H]1CCCC[C@@H]1OCc1ccccc1. The van der Waals surface area contributed by atoms with Crippen LogP contribution in [0.15, 0.2) is 91.0 Å². The second kappa shape index (κ2) is 17.8. The zero-order chi connectivity index (χ0) is 36.4. The van der Waals surface area contributed by atoms with Crippen molar-refractivity contribution in [1.82, 2.24) is 25.7 Å². The molecule has 0 saturated heterocycles. The van der Waals surface area contributed by atoms with Crippen LogP contribution >= 0.6 is 0 Å². The lowest BCUT2D eigenvalue weighted by molar-refractivity contribution is -0.124. The molecule has 0 aliphatic heterocycles. The van der Waals surface area contributed by atoms with E-state index in [1.54, 1.807) is 0 Å². The van der Waals surface area contributed by atoms with Crippen LogP contribution in [0.5, 0.6) is 0 Å². The minimum absolute atomic E-state index is 0.105. The van der Waals surface area contributed by atoms with E-state index in [1.165, 1.54) is 16.3 Å². The van der Waals surface area contributed by atoms with Crippen LogP contribution in [0, 0.1) is 0 Å². The molecule has 10 nitrogen and oxygen atoms in total. The first-order valence-electron chi connectivity index (χ1n) is 19.4. The molecule has 3 N–H and O–H groups in total. The Labute approximate surface area is 312 Å². The van der Waals surface area contributed by atoms with Gasteiger partial charge in [-0.1, -0.05) is 111 Å². The number of ether oxygens (including phenoxy) is 2. The molecule has 1 aromatic heterocycles. The van der Waals surface area contributed by atoms with E-state index in [9.17, 15) is 14.4 Å². The van der Waals surface area contributed by atoms with Gasteiger partial charge in [0.2, 0.25) is 5.91 Å². The van der Waals surface area contributed by atoms with Crippen molar-refractivity contribution in [2.75, 3.05) is 0 Å². The Morgan fingerprint density at radius 2 is 1.23 bits per heavy atom. The molecule has 5 atom stereocenters. The van der Waals surface area contributed by atoms with Gasteiger partial charge in [-0.2, -0.15) is 5.10 Å². The molecule has 1 unspecified atom stereocenters. The maximum absolute atomic E-state index is 14.1. The highest BCUT2D eigenvalue weighted by molar-refractivity contribution is 5.98. The molecule has 53 heavy (non-hydrogen) atoms. The lowest BCUT2D eigenvalue weighted by atomic mass is 9.87. The Morgan fingerprint density at radius 3 is 1.89 bits per heavy atom. The number of rotatable bonds is 13. The third-order valence-electron chi connectivity index (χ3n) is 10.9.